The van der Waals surface area contributed by atoms with Crippen molar-refractivity contribution in [2.45, 2.75) is 33.7 Å². The second kappa shape index (κ2) is 4.83. The lowest BCUT2D eigenvalue weighted by atomic mass is 9.87. The molecule has 0 aromatic carbocycles. The number of rotatable bonds is 3. The Kier molecular flexibility index (Phi) is 3.87. The highest BCUT2D eigenvalue weighted by atomic mass is 32.1. The number of nitrogens with zero attached hydrogens (tertiary/aromatic N) is 1. The molecule has 1 atom stereocenters. The van der Waals surface area contributed by atoms with Gasteiger partial charge in [0.05, 0.1) is 11.2 Å². The molecule has 1 heterocycles. The average Bonchev–Trinajstić information content (AvgIpc) is 2.58. The van der Waals surface area contributed by atoms with Crippen molar-refractivity contribution in [3.8, 4) is 0 Å². The smallest absolute Gasteiger partial charge is 0.326 e. The van der Waals surface area contributed by atoms with E-state index in [4.69, 9.17) is 5.11 Å². The molecule has 1 rings (SSSR count). The molecule has 0 aliphatic rings. The van der Waals surface area contributed by atoms with Gasteiger partial charge in [-0.3, -0.25) is 4.79 Å². The minimum Gasteiger partial charge on any atom is -0.480 e. The molecule has 1 amide bonds. The molecule has 5 nitrogen and oxygen atoms in total. The number of aliphatic carboxylic acids is 1. The zero-order valence-electron chi connectivity index (χ0n) is 10.3. The Morgan fingerprint density at radius 2 is 2.06 bits per heavy atom. The van der Waals surface area contributed by atoms with Crippen molar-refractivity contribution >= 4 is 23.2 Å². The molecule has 0 aliphatic carbocycles. The summed E-state index contributed by atoms with van der Waals surface area (Å²) in [6, 6.07) is -0.919. The Hall–Kier alpha value is -1.43. The Labute approximate surface area is 104 Å². The van der Waals surface area contributed by atoms with E-state index in [1.807, 2.05) is 0 Å². The maximum absolute atomic E-state index is 11.8. The normalized spacial score (nSPS) is 13.2. The molecule has 0 bridgehead atoms. The first-order chi connectivity index (χ1) is 7.71. The predicted molar refractivity (Wildman–Crippen MR) is 65.2 cm³/mol. The van der Waals surface area contributed by atoms with Crippen LogP contribution in [0.3, 0.4) is 0 Å². The van der Waals surface area contributed by atoms with Crippen LogP contribution >= 0.6 is 11.3 Å². The Morgan fingerprint density at radius 3 is 2.41 bits per heavy atom. The summed E-state index contributed by atoms with van der Waals surface area (Å²) in [6.45, 7) is 7.10. The van der Waals surface area contributed by atoms with E-state index in [9.17, 15) is 9.59 Å². The van der Waals surface area contributed by atoms with E-state index in [1.54, 1.807) is 27.7 Å². The van der Waals surface area contributed by atoms with Gasteiger partial charge < -0.3 is 10.4 Å². The Morgan fingerprint density at radius 1 is 1.47 bits per heavy atom. The van der Waals surface area contributed by atoms with Gasteiger partial charge in [0.2, 0.25) is 0 Å². The largest absolute Gasteiger partial charge is 0.480 e. The predicted octanol–water partition coefficient (Wildman–Crippen LogP) is 1.68. The van der Waals surface area contributed by atoms with Crippen molar-refractivity contribution in [3.63, 3.8) is 0 Å². The van der Waals surface area contributed by atoms with Crippen molar-refractivity contribution in [1.29, 1.82) is 0 Å². The molecule has 94 valence electrons. The lowest BCUT2D eigenvalue weighted by Gasteiger charge is -2.27. The number of hydrogen-bond donors (Lipinski definition) is 2. The molecule has 17 heavy (non-hydrogen) atoms. The number of carboxylic acid groups (broad SMARTS) is 1. The van der Waals surface area contributed by atoms with Gasteiger partial charge in [-0.1, -0.05) is 20.8 Å². The topological polar surface area (TPSA) is 79.3 Å². The summed E-state index contributed by atoms with van der Waals surface area (Å²) in [5, 5.41) is 12.4. The lowest BCUT2D eigenvalue weighted by molar-refractivity contribution is -0.142. The fourth-order valence-electron chi connectivity index (χ4n) is 1.32. The number of aryl methyl sites for hydroxylation is 1. The van der Waals surface area contributed by atoms with Crippen LogP contribution in [0.15, 0.2) is 6.20 Å². The Bertz CT molecular complexity index is 434. The first-order valence-electron chi connectivity index (χ1n) is 5.18. The summed E-state index contributed by atoms with van der Waals surface area (Å²) >= 11 is 1.24. The summed E-state index contributed by atoms with van der Waals surface area (Å²) in [6.07, 6.45) is 1.46. The summed E-state index contributed by atoms with van der Waals surface area (Å²) < 4.78 is 0. The standard InChI is InChI=1S/C11H16N2O3S/c1-6-12-5-7(17-6)9(14)13-8(10(15)16)11(2,3)4/h5,8H,1-4H3,(H,13,14)(H,15,16)/t8-/m1/s1. The number of aromatic nitrogens is 1. The van der Waals surface area contributed by atoms with Gasteiger partial charge in [0.25, 0.3) is 5.91 Å². The van der Waals surface area contributed by atoms with E-state index in [2.05, 4.69) is 10.3 Å². The molecule has 0 saturated heterocycles. The summed E-state index contributed by atoms with van der Waals surface area (Å²) in [7, 11) is 0. The van der Waals surface area contributed by atoms with Crippen LogP contribution in [0.4, 0.5) is 0 Å². The number of carboxylic acids is 1. The SMILES string of the molecule is Cc1ncc(C(=O)N[C@H](C(=O)O)C(C)(C)C)s1. The molecule has 0 saturated carbocycles. The van der Waals surface area contributed by atoms with Gasteiger partial charge in [0.1, 0.15) is 10.9 Å². The number of nitrogens with one attached hydrogen (secondary N) is 1. The van der Waals surface area contributed by atoms with Gasteiger partial charge in [-0.25, -0.2) is 9.78 Å². The molecule has 1 aromatic rings. The van der Waals surface area contributed by atoms with E-state index < -0.39 is 23.3 Å². The van der Waals surface area contributed by atoms with Crippen LogP contribution in [0, 0.1) is 12.3 Å². The number of carbonyl (C=O) groups excluding carboxylic acids is 1. The zero-order valence-corrected chi connectivity index (χ0v) is 11.1. The van der Waals surface area contributed by atoms with Crippen molar-refractivity contribution in [3.05, 3.63) is 16.1 Å². The summed E-state index contributed by atoms with van der Waals surface area (Å²) in [5.41, 5.74) is -0.540. The molecule has 0 radical (unpaired) electrons. The van der Waals surface area contributed by atoms with Crippen LogP contribution < -0.4 is 5.32 Å². The molecule has 0 unspecified atom stereocenters. The highest BCUT2D eigenvalue weighted by Crippen LogP contribution is 2.20. The maximum Gasteiger partial charge on any atom is 0.326 e. The quantitative estimate of drug-likeness (QED) is 0.862. The van der Waals surface area contributed by atoms with E-state index in [-0.39, 0.29) is 0 Å². The van der Waals surface area contributed by atoms with Crippen LogP contribution in [0.2, 0.25) is 0 Å². The van der Waals surface area contributed by atoms with Crippen molar-refractivity contribution < 1.29 is 14.7 Å². The minimum absolute atomic E-state index is 0.391. The van der Waals surface area contributed by atoms with E-state index >= 15 is 0 Å². The molecule has 0 fully saturated rings. The Balaban J connectivity index is 2.82. The molecular weight excluding hydrogens is 240 g/mol. The van der Waals surface area contributed by atoms with Gasteiger partial charge in [-0.2, -0.15) is 0 Å². The minimum atomic E-state index is -1.04. The number of thiazole rings is 1. The first kappa shape index (κ1) is 13.6. The number of carbonyl (C=O) groups is 2. The fourth-order valence-corrected chi connectivity index (χ4v) is 2.00. The molecule has 1 aromatic heterocycles. The monoisotopic (exact) mass is 256 g/mol. The third kappa shape index (κ3) is 3.52. The molecule has 0 aliphatic heterocycles. The van der Waals surface area contributed by atoms with E-state index in [1.165, 1.54) is 17.5 Å². The van der Waals surface area contributed by atoms with Crippen molar-refractivity contribution in [2.24, 2.45) is 5.41 Å². The van der Waals surface area contributed by atoms with E-state index in [0.717, 1.165) is 5.01 Å². The maximum atomic E-state index is 11.8. The highest BCUT2D eigenvalue weighted by molar-refractivity contribution is 7.13. The molecule has 2 N–H and O–H groups in total. The van der Waals surface area contributed by atoms with E-state index in [0.29, 0.717) is 4.88 Å². The van der Waals surface area contributed by atoms with Crippen LogP contribution in [-0.2, 0) is 4.79 Å². The second-order valence-electron chi connectivity index (χ2n) is 4.85. The number of amides is 1. The van der Waals surface area contributed by atoms with Crippen molar-refractivity contribution in [1.82, 2.24) is 10.3 Å². The fraction of sp³-hybridized carbons (Fsp3) is 0.545. The highest BCUT2D eigenvalue weighted by Gasteiger charge is 2.33. The van der Waals surface area contributed by atoms with Crippen LogP contribution in [-0.4, -0.2) is 28.0 Å². The molecule has 0 spiro atoms. The van der Waals surface area contributed by atoms with Gasteiger partial charge in [-0.15, -0.1) is 11.3 Å². The summed E-state index contributed by atoms with van der Waals surface area (Å²) in [5.74, 6) is -1.43. The number of hydrogen-bond acceptors (Lipinski definition) is 4. The third-order valence-corrected chi connectivity index (χ3v) is 3.15. The van der Waals surface area contributed by atoms with Gasteiger partial charge in [0.15, 0.2) is 0 Å². The van der Waals surface area contributed by atoms with Gasteiger partial charge >= 0.3 is 5.97 Å². The second-order valence-corrected chi connectivity index (χ2v) is 6.09. The summed E-state index contributed by atoms with van der Waals surface area (Å²) in [4.78, 5) is 27.3. The first-order valence-corrected chi connectivity index (χ1v) is 5.99. The third-order valence-electron chi connectivity index (χ3n) is 2.23. The lowest BCUT2D eigenvalue weighted by Crippen LogP contribution is -2.48. The van der Waals surface area contributed by atoms with Gasteiger partial charge in [-0.05, 0) is 12.3 Å². The van der Waals surface area contributed by atoms with Crippen molar-refractivity contribution in [2.75, 3.05) is 0 Å². The van der Waals surface area contributed by atoms with Gasteiger partial charge in [0, 0.05) is 0 Å². The van der Waals surface area contributed by atoms with Crippen LogP contribution in [0.5, 0.6) is 0 Å². The average molecular weight is 256 g/mol. The van der Waals surface area contributed by atoms with Crippen LogP contribution in [0.25, 0.3) is 0 Å². The molecular formula is C11H16N2O3S. The van der Waals surface area contributed by atoms with Crippen LogP contribution in [0.1, 0.15) is 35.5 Å². The zero-order chi connectivity index (χ0) is 13.2. The molecule has 6 heteroatoms.